The lowest BCUT2D eigenvalue weighted by Crippen LogP contribution is -2.09. The Labute approximate surface area is 98.6 Å². The molecular formula is C12H15FN2O2. The Bertz CT molecular complexity index is 462. The minimum Gasteiger partial charge on any atom is -0.478 e. The van der Waals surface area contributed by atoms with E-state index in [0.29, 0.717) is 17.6 Å². The number of anilines is 2. The number of nitrogens with one attached hydrogen (secondary N) is 1. The summed E-state index contributed by atoms with van der Waals surface area (Å²) in [5.41, 5.74) is 6.05. The van der Waals surface area contributed by atoms with Crippen molar-refractivity contribution in [2.24, 2.45) is 5.92 Å². The zero-order chi connectivity index (χ0) is 12.6. The molecule has 0 radical (unpaired) electrons. The molecule has 1 fully saturated rings. The van der Waals surface area contributed by atoms with Crippen molar-refractivity contribution in [3.8, 4) is 0 Å². The van der Waals surface area contributed by atoms with Crippen LogP contribution in [0.4, 0.5) is 15.8 Å². The summed E-state index contributed by atoms with van der Waals surface area (Å²) in [5.74, 6) is -1.46. The van der Waals surface area contributed by atoms with Crippen molar-refractivity contribution in [1.82, 2.24) is 0 Å². The maximum atomic E-state index is 13.5. The highest BCUT2D eigenvalue weighted by Crippen LogP contribution is 2.37. The molecule has 0 bridgehead atoms. The van der Waals surface area contributed by atoms with Crippen LogP contribution in [0.15, 0.2) is 12.1 Å². The van der Waals surface area contributed by atoms with Gasteiger partial charge in [0.15, 0.2) is 0 Å². The number of carbonyl (C=O) groups is 1. The lowest BCUT2D eigenvalue weighted by atomic mass is 10.1. The average molecular weight is 238 g/mol. The summed E-state index contributed by atoms with van der Waals surface area (Å²) in [4.78, 5) is 10.7. The van der Waals surface area contributed by atoms with Gasteiger partial charge in [-0.2, -0.15) is 0 Å². The molecule has 1 aromatic carbocycles. The Morgan fingerprint density at radius 3 is 2.88 bits per heavy atom. The van der Waals surface area contributed by atoms with Crippen LogP contribution in [0.3, 0.4) is 0 Å². The largest absolute Gasteiger partial charge is 0.478 e. The number of benzene rings is 1. The third kappa shape index (κ3) is 2.33. The van der Waals surface area contributed by atoms with Gasteiger partial charge in [0.2, 0.25) is 0 Å². The molecule has 0 amide bonds. The minimum atomic E-state index is -1.31. The fourth-order valence-corrected chi connectivity index (χ4v) is 1.95. The van der Waals surface area contributed by atoms with E-state index in [-0.39, 0.29) is 5.69 Å². The molecule has 1 saturated carbocycles. The number of hydrogen-bond donors (Lipinski definition) is 3. The van der Waals surface area contributed by atoms with E-state index in [9.17, 15) is 9.18 Å². The Morgan fingerprint density at radius 1 is 1.65 bits per heavy atom. The second-order valence-electron chi connectivity index (χ2n) is 4.38. The topological polar surface area (TPSA) is 75.3 Å². The summed E-state index contributed by atoms with van der Waals surface area (Å²) in [7, 11) is 0. The highest BCUT2D eigenvalue weighted by molar-refractivity contribution is 5.90. The van der Waals surface area contributed by atoms with E-state index in [1.807, 2.05) is 0 Å². The molecule has 4 nitrogen and oxygen atoms in total. The van der Waals surface area contributed by atoms with Gasteiger partial charge in [0.1, 0.15) is 5.82 Å². The molecule has 2 unspecified atom stereocenters. The standard InChI is InChI=1S/C12H15FN2O2/c1-2-6-3-10(6)15-11-5-8(13)7(12(16)17)4-9(11)14/h4-6,10,15H,2-3,14H2,1H3,(H,16,17). The van der Waals surface area contributed by atoms with E-state index in [2.05, 4.69) is 12.2 Å². The van der Waals surface area contributed by atoms with E-state index in [1.54, 1.807) is 0 Å². The number of carboxylic acids is 1. The van der Waals surface area contributed by atoms with Gasteiger partial charge in [-0.1, -0.05) is 13.3 Å². The van der Waals surface area contributed by atoms with E-state index < -0.39 is 17.3 Å². The van der Waals surface area contributed by atoms with Gasteiger partial charge in [-0.15, -0.1) is 0 Å². The monoisotopic (exact) mass is 238 g/mol. The number of nitrogen functional groups attached to an aromatic ring is 1. The quantitative estimate of drug-likeness (QED) is 0.704. The van der Waals surface area contributed by atoms with Crippen molar-refractivity contribution < 1.29 is 14.3 Å². The molecule has 17 heavy (non-hydrogen) atoms. The van der Waals surface area contributed by atoms with Gasteiger partial charge in [-0.25, -0.2) is 9.18 Å². The summed E-state index contributed by atoms with van der Waals surface area (Å²) < 4.78 is 13.5. The first kappa shape index (κ1) is 11.7. The van der Waals surface area contributed by atoms with Crippen molar-refractivity contribution in [1.29, 1.82) is 0 Å². The lowest BCUT2D eigenvalue weighted by molar-refractivity contribution is 0.0692. The van der Waals surface area contributed by atoms with Gasteiger partial charge in [0, 0.05) is 6.04 Å². The van der Waals surface area contributed by atoms with Crippen LogP contribution in [0.5, 0.6) is 0 Å². The number of carboxylic acid groups (broad SMARTS) is 1. The van der Waals surface area contributed by atoms with Crippen molar-refractivity contribution in [3.05, 3.63) is 23.5 Å². The third-order valence-corrected chi connectivity index (χ3v) is 3.16. The molecule has 4 N–H and O–H groups in total. The smallest absolute Gasteiger partial charge is 0.338 e. The van der Waals surface area contributed by atoms with Crippen LogP contribution in [0.25, 0.3) is 0 Å². The number of nitrogens with two attached hydrogens (primary N) is 1. The third-order valence-electron chi connectivity index (χ3n) is 3.16. The molecule has 0 spiro atoms. The Kier molecular flexibility index (Phi) is 2.92. The molecule has 92 valence electrons. The van der Waals surface area contributed by atoms with Crippen molar-refractivity contribution in [2.75, 3.05) is 11.1 Å². The molecular weight excluding hydrogens is 223 g/mol. The predicted molar refractivity (Wildman–Crippen MR) is 63.6 cm³/mol. The van der Waals surface area contributed by atoms with Crippen LogP contribution in [-0.2, 0) is 0 Å². The number of halogens is 1. The highest BCUT2D eigenvalue weighted by atomic mass is 19.1. The summed E-state index contributed by atoms with van der Waals surface area (Å²) in [6.07, 6.45) is 2.13. The predicted octanol–water partition coefficient (Wildman–Crippen LogP) is 2.32. The molecule has 1 aliphatic carbocycles. The van der Waals surface area contributed by atoms with Crippen LogP contribution in [0.1, 0.15) is 30.1 Å². The first-order chi connectivity index (χ1) is 8.02. The van der Waals surface area contributed by atoms with Gasteiger partial charge in [0.25, 0.3) is 0 Å². The van der Waals surface area contributed by atoms with Crippen molar-refractivity contribution >= 4 is 17.3 Å². The minimum absolute atomic E-state index is 0.269. The first-order valence-corrected chi connectivity index (χ1v) is 5.61. The van der Waals surface area contributed by atoms with Gasteiger partial charge >= 0.3 is 5.97 Å². The molecule has 5 heteroatoms. The number of aromatic carboxylic acids is 1. The van der Waals surface area contributed by atoms with Crippen LogP contribution in [0, 0.1) is 11.7 Å². The second kappa shape index (κ2) is 4.24. The molecule has 2 atom stereocenters. The zero-order valence-electron chi connectivity index (χ0n) is 9.53. The van der Waals surface area contributed by atoms with Crippen molar-refractivity contribution in [3.63, 3.8) is 0 Å². The lowest BCUT2D eigenvalue weighted by Gasteiger charge is -2.10. The zero-order valence-corrected chi connectivity index (χ0v) is 9.53. The summed E-state index contributed by atoms with van der Waals surface area (Å²) in [5, 5.41) is 11.9. The normalized spacial score (nSPS) is 22.2. The molecule has 2 rings (SSSR count). The Morgan fingerprint density at radius 2 is 2.35 bits per heavy atom. The SMILES string of the molecule is CCC1CC1Nc1cc(F)c(C(=O)O)cc1N. The molecule has 0 aromatic heterocycles. The van der Waals surface area contributed by atoms with Crippen LogP contribution in [-0.4, -0.2) is 17.1 Å². The van der Waals surface area contributed by atoms with E-state index >= 15 is 0 Å². The first-order valence-electron chi connectivity index (χ1n) is 5.61. The second-order valence-corrected chi connectivity index (χ2v) is 4.38. The van der Waals surface area contributed by atoms with Crippen LogP contribution >= 0.6 is 0 Å². The van der Waals surface area contributed by atoms with Crippen LogP contribution in [0.2, 0.25) is 0 Å². The summed E-state index contributed by atoms with van der Waals surface area (Å²) in [6.45, 7) is 2.10. The number of hydrogen-bond acceptors (Lipinski definition) is 3. The molecule has 1 aliphatic rings. The number of rotatable bonds is 4. The molecule has 0 saturated heterocycles. The van der Waals surface area contributed by atoms with E-state index in [1.165, 1.54) is 0 Å². The Balaban J connectivity index is 2.19. The molecule has 0 aliphatic heterocycles. The van der Waals surface area contributed by atoms with Gasteiger partial charge in [-0.05, 0) is 24.5 Å². The highest BCUT2D eigenvalue weighted by Gasteiger charge is 2.35. The fourth-order valence-electron chi connectivity index (χ4n) is 1.95. The van der Waals surface area contributed by atoms with Gasteiger partial charge < -0.3 is 16.2 Å². The van der Waals surface area contributed by atoms with Gasteiger partial charge in [0.05, 0.1) is 16.9 Å². The molecule has 1 aromatic rings. The van der Waals surface area contributed by atoms with Crippen LogP contribution < -0.4 is 11.1 Å². The van der Waals surface area contributed by atoms with E-state index in [4.69, 9.17) is 10.8 Å². The van der Waals surface area contributed by atoms with Gasteiger partial charge in [-0.3, -0.25) is 0 Å². The summed E-state index contributed by atoms with van der Waals surface area (Å²) in [6, 6.07) is 2.64. The molecule has 0 heterocycles. The fraction of sp³-hybridized carbons (Fsp3) is 0.417. The maximum absolute atomic E-state index is 13.5. The average Bonchev–Trinajstić information content (AvgIpc) is 3.01. The maximum Gasteiger partial charge on any atom is 0.338 e. The van der Waals surface area contributed by atoms with Crippen molar-refractivity contribution in [2.45, 2.75) is 25.8 Å². The van der Waals surface area contributed by atoms with E-state index in [0.717, 1.165) is 25.0 Å². The summed E-state index contributed by atoms with van der Waals surface area (Å²) >= 11 is 0. The Hall–Kier alpha value is -1.78.